The Hall–Kier alpha value is -1.98. The predicted octanol–water partition coefficient (Wildman–Crippen LogP) is 1.92. The molecule has 0 unspecified atom stereocenters. The van der Waals surface area contributed by atoms with E-state index in [1.54, 1.807) is 10.9 Å². The second kappa shape index (κ2) is 6.20. The maximum Gasteiger partial charge on any atom is 0.253 e. The van der Waals surface area contributed by atoms with E-state index in [0.29, 0.717) is 11.1 Å². The van der Waals surface area contributed by atoms with Crippen LogP contribution in [0.1, 0.15) is 45.7 Å². The van der Waals surface area contributed by atoms with E-state index >= 15 is 0 Å². The van der Waals surface area contributed by atoms with Crippen LogP contribution in [-0.4, -0.2) is 31.7 Å². The van der Waals surface area contributed by atoms with Gasteiger partial charge in [0.25, 0.3) is 11.8 Å². The van der Waals surface area contributed by atoms with E-state index in [0.717, 1.165) is 24.3 Å². The number of nitrogens with zero attached hydrogens (tertiary/aromatic N) is 4. The maximum absolute atomic E-state index is 11.5. The van der Waals surface area contributed by atoms with Crippen molar-refractivity contribution in [2.45, 2.75) is 53.1 Å². The van der Waals surface area contributed by atoms with Crippen LogP contribution in [0, 0.1) is 5.41 Å². The van der Waals surface area contributed by atoms with Crippen LogP contribution in [0.15, 0.2) is 18.3 Å². The number of carbonyl (C=O) groups excluding carboxylic acids is 2. The summed E-state index contributed by atoms with van der Waals surface area (Å²) >= 11 is 0. The Morgan fingerprint density at radius 2 is 1.76 bits per heavy atom. The molecule has 0 spiro atoms. The summed E-state index contributed by atoms with van der Waals surface area (Å²) in [6, 6.07) is 0. The lowest BCUT2D eigenvalue weighted by molar-refractivity contribution is -0.137. The lowest BCUT2D eigenvalue weighted by Gasteiger charge is -2.17. The highest BCUT2D eigenvalue weighted by Gasteiger charge is 2.24. The number of hydrogen-bond donors (Lipinski definition) is 0. The molecule has 114 valence electrons. The van der Waals surface area contributed by atoms with E-state index in [1.807, 2.05) is 0 Å². The largest absolute Gasteiger partial charge is 0.269 e. The number of imide groups is 1. The SMILES string of the molecule is CC(C)(C)CCCCn1cc(CN2C(=O)C=CC2=O)nn1. The van der Waals surface area contributed by atoms with Crippen LogP contribution in [-0.2, 0) is 22.7 Å². The molecule has 0 radical (unpaired) electrons. The Morgan fingerprint density at radius 1 is 1.10 bits per heavy atom. The summed E-state index contributed by atoms with van der Waals surface area (Å²) in [5, 5.41) is 8.05. The molecule has 0 aromatic carbocycles. The van der Waals surface area contributed by atoms with Crippen LogP contribution >= 0.6 is 0 Å². The lowest BCUT2D eigenvalue weighted by Crippen LogP contribution is -2.29. The molecule has 2 heterocycles. The summed E-state index contributed by atoms with van der Waals surface area (Å²) < 4.78 is 1.77. The van der Waals surface area contributed by atoms with Crippen molar-refractivity contribution in [3.05, 3.63) is 24.0 Å². The minimum absolute atomic E-state index is 0.187. The minimum Gasteiger partial charge on any atom is -0.269 e. The zero-order chi connectivity index (χ0) is 15.5. The topological polar surface area (TPSA) is 68.1 Å². The molecule has 1 aromatic rings. The fourth-order valence-electron chi connectivity index (χ4n) is 2.20. The van der Waals surface area contributed by atoms with Crippen LogP contribution in [0.4, 0.5) is 0 Å². The maximum atomic E-state index is 11.5. The molecule has 1 aromatic heterocycles. The van der Waals surface area contributed by atoms with Gasteiger partial charge in [-0.1, -0.05) is 32.4 Å². The Bertz CT molecular complexity index is 536. The van der Waals surface area contributed by atoms with E-state index in [1.165, 1.54) is 18.6 Å². The van der Waals surface area contributed by atoms with Crippen molar-refractivity contribution in [3.63, 3.8) is 0 Å². The summed E-state index contributed by atoms with van der Waals surface area (Å²) in [6.45, 7) is 7.70. The van der Waals surface area contributed by atoms with Gasteiger partial charge in [-0.05, 0) is 18.3 Å². The molecule has 0 fully saturated rings. The highest BCUT2D eigenvalue weighted by molar-refractivity contribution is 6.12. The lowest BCUT2D eigenvalue weighted by atomic mass is 9.90. The van der Waals surface area contributed by atoms with E-state index in [4.69, 9.17) is 0 Å². The van der Waals surface area contributed by atoms with Gasteiger partial charge in [-0.25, -0.2) is 0 Å². The summed E-state index contributed by atoms with van der Waals surface area (Å²) in [6.07, 6.45) is 7.72. The molecule has 2 rings (SSSR count). The fraction of sp³-hybridized carbons (Fsp3) is 0.600. The summed E-state index contributed by atoms with van der Waals surface area (Å²) in [5.74, 6) is -0.584. The molecule has 0 saturated heterocycles. The highest BCUT2D eigenvalue weighted by atomic mass is 16.2. The average Bonchev–Trinajstić information content (AvgIpc) is 2.96. The van der Waals surface area contributed by atoms with Crippen LogP contribution < -0.4 is 0 Å². The van der Waals surface area contributed by atoms with Crippen molar-refractivity contribution < 1.29 is 9.59 Å². The first-order valence-electron chi connectivity index (χ1n) is 7.28. The molecule has 0 bridgehead atoms. The van der Waals surface area contributed by atoms with E-state index in [-0.39, 0.29) is 18.4 Å². The van der Waals surface area contributed by atoms with E-state index in [2.05, 4.69) is 31.1 Å². The normalized spacial score (nSPS) is 15.3. The van der Waals surface area contributed by atoms with E-state index < -0.39 is 0 Å². The molecule has 0 aliphatic carbocycles. The molecule has 21 heavy (non-hydrogen) atoms. The average molecular weight is 290 g/mol. The van der Waals surface area contributed by atoms with Crippen LogP contribution in [0.25, 0.3) is 0 Å². The van der Waals surface area contributed by atoms with Crippen molar-refractivity contribution >= 4 is 11.8 Å². The van der Waals surface area contributed by atoms with Gasteiger partial charge in [0, 0.05) is 18.7 Å². The Kier molecular flexibility index (Phi) is 4.55. The third-order valence-corrected chi connectivity index (χ3v) is 3.37. The summed E-state index contributed by atoms with van der Waals surface area (Å²) in [7, 11) is 0. The molecular weight excluding hydrogens is 268 g/mol. The van der Waals surface area contributed by atoms with Gasteiger partial charge in [0.15, 0.2) is 0 Å². The monoisotopic (exact) mass is 290 g/mol. The summed E-state index contributed by atoms with van der Waals surface area (Å²) in [5.41, 5.74) is 0.994. The van der Waals surface area contributed by atoms with Gasteiger partial charge in [0.1, 0.15) is 5.69 Å². The van der Waals surface area contributed by atoms with Gasteiger partial charge in [0.05, 0.1) is 12.7 Å². The smallest absolute Gasteiger partial charge is 0.253 e. The van der Waals surface area contributed by atoms with Gasteiger partial charge < -0.3 is 0 Å². The molecule has 6 heteroatoms. The molecule has 1 aliphatic heterocycles. The minimum atomic E-state index is -0.292. The molecule has 1 aliphatic rings. The number of unbranched alkanes of at least 4 members (excludes halogenated alkanes) is 1. The van der Waals surface area contributed by atoms with Crippen LogP contribution in [0.3, 0.4) is 0 Å². The van der Waals surface area contributed by atoms with Gasteiger partial charge in [-0.3, -0.25) is 19.2 Å². The van der Waals surface area contributed by atoms with Crippen molar-refractivity contribution in [2.24, 2.45) is 5.41 Å². The van der Waals surface area contributed by atoms with Crippen molar-refractivity contribution in [1.82, 2.24) is 19.9 Å². The molecule has 0 atom stereocenters. The molecular formula is C15H22N4O2. The molecule has 6 nitrogen and oxygen atoms in total. The number of hydrogen-bond acceptors (Lipinski definition) is 4. The Balaban J connectivity index is 1.79. The van der Waals surface area contributed by atoms with Gasteiger partial charge in [0.2, 0.25) is 0 Å². The molecule has 2 amide bonds. The Morgan fingerprint density at radius 3 is 2.38 bits per heavy atom. The zero-order valence-electron chi connectivity index (χ0n) is 12.9. The highest BCUT2D eigenvalue weighted by Crippen LogP contribution is 2.21. The second-order valence-corrected chi connectivity index (χ2v) is 6.59. The first kappa shape index (κ1) is 15.4. The van der Waals surface area contributed by atoms with Gasteiger partial charge in [-0.15, -0.1) is 5.10 Å². The number of amides is 2. The zero-order valence-corrected chi connectivity index (χ0v) is 12.9. The van der Waals surface area contributed by atoms with E-state index in [9.17, 15) is 9.59 Å². The van der Waals surface area contributed by atoms with Gasteiger partial charge in [-0.2, -0.15) is 0 Å². The summed E-state index contributed by atoms with van der Waals surface area (Å²) in [4.78, 5) is 24.1. The molecule has 0 N–H and O–H groups in total. The van der Waals surface area contributed by atoms with Crippen molar-refractivity contribution in [1.29, 1.82) is 0 Å². The number of aryl methyl sites for hydroxylation is 1. The number of aromatic nitrogens is 3. The number of rotatable bonds is 6. The number of carbonyl (C=O) groups is 2. The first-order valence-corrected chi connectivity index (χ1v) is 7.28. The van der Waals surface area contributed by atoms with Crippen molar-refractivity contribution in [3.8, 4) is 0 Å². The van der Waals surface area contributed by atoms with Crippen LogP contribution in [0.2, 0.25) is 0 Å². The third-order valence-electron chi connectivity index (χ3n) is 3.37. The molecule has 0 saturated carbocycles. The van der Waals surface area contributed by atoms with Crippen LogP contribution in [0.5, 0.6) is 0 Å². The predicted molar refractivity (Wildman–Crippen MR) is 78.0 cm³/mol. The Labute approximate surface area is 124 Å². The first-order chi connectivity index (χ1) is 9.85. The standard InChI is InChI=1S/C15H22N4O2/c1-15(2,3)8-4-5-9-18-10-12(16-17-18)11-19-13(20)6-7-14(19)21/h6-7,10H,4-5,8-9,11H2,1-3H3. The van der Waals surface area contributed by atoms with Crippen molar-refractivity contribution in [2.75, 3.05) is 0 Å². The third kappa shape index (κ3) is 4.51. The van der Waals surface area contributed by atoms with Gasteiger partial charge >= 0.3 is 0 Å². The quantitative estimate of drug-likeness (QED) is 0.593. The fourth-order valence-corrected chi connectivity index (χ4v) is 2.20. The second-order valence-electron chi connectivity index (χ2n) is 6.59.